The molecule has 1 aromatic heterocycles. The molecule has 24 heavy (non-hydrogen) atoms. The summed E-state index contributed by atoms with van der Waals surface area (Å²) in [6, 6.07) is 4.48. The van der Waals surface area contributed by atoms with Crippen molar-refractivity contribution in [2.24, 2.45) is 5.73 Å². The average Bonchev–Trinajstić information content (AvgIpc) is 3.23. The van der Waals surface area contributed by atoms with Crippen LogP contribution in [0.15, 0.2) is 23.0 Å². The molecule has 0 aliphatic carbocycles. The summed E-state index contributed by atoms with van der Waals surface area (Å²) in [5.74, 6) is 0.763. The minimum atomic E-state index is -0.647. The van der Waals surface area contributed by atoms with E-state index in [4.69, 9.17) is 10.5 Å². The van der Waals surface area contributed by atoms with Crippen molar-refractivity contribution in [3.8, 4) is 5.75 Å². The zero-order valence-corrected chi connectivity index (χ0v) is 13.6. The molecule has 3 atom stereocenters. The maximum Gasteiger partial charge on any atom is 0.248 e. The first kappa shape index (κ1) is 15.4. The number of hydrogen-bond donors (Lipinski definition) is 3. The molecule has 1 aromatic carbocycles. The Hall–Kier alpha value is -2.18. The van der Waals surface area contributed by atoms with Crippen LogP contribution in [-0.2, 0) is 11.2 Å². The van der Waals surface area contributed by atoms with Gasteiger partial charge >= 0.3 is 0 Å². The number of aromatic amines is 1. The van der Waals surface area contributed by atoms with Crippen LogP contribution < -0.4 is 21.3 Å². The Kier molecular flexibility index (Phi) is 3.66. The predicted octanol–water partition coefficient (Wildman–Crippen LogP) is 0.788. The smallest absolute Gasteiger partial charge is 0.248 e. The molecule has 126 valence electrons. The summed E-state index contributed by atoms with van der Waals surface area (Å²) in [7, 11) is 0. The third-order valence-electron chi connectivity index (χ3n) is 5.06. The number of aryl methyl sites for hydroxylation is 1. The van der Waals surface area contributed by atoms with Gasteiger partial charge in [-0.3, -0.25) is 9.59 Å². The highest BCUT2D eigenvalue weighted by atomic mass is 16.5. The second kappa shape index (κ2) is 5.72. The number of fused-ring (bicyclic) bond motifs is 3. The van der Waals surface area contributed by atoms with E-state index in [0.717, 1.165) is 47.2 Å². The molecule has 6 nitrogen and oxygen atoms in total. The molecular weight excluding hydrogens is 306 g/mol. The lowest BCUT2D eigenvalue weighted by Gasteiger charge is -2.21. The van der Waals surface area contributed by atoms with Crippen LogP contribution in [0.1, 0.15) is 24.0 Å². The number of ether oxygens (including phenoxy) is 1. The van der Waals surface area contributed by atoms with Gasteiger partial charge in [-0.05, 0) is 43.5 Å². The van der Waals surface area contributed by atoms with Crippen molar-refractivity contribution in [2.45, 2.75) is 44.4 Å². The van der Waals surface area contributed by atoms with Gasteiger partial charge in [-0.25, -0.2) is 0 Å². The quantitative estimate of drug-likeness (QED) is 0.774. The molecular formula is C18H21N3O3. The number of carbonyl (C=O) groups is 1. The highest BCUT2D eigenvalue weighted by Crippen LogP contribution is 2.37. The lowest BCUT2D eigenvalue weighted by molar-refractivity contribution is -0.123. The highest BCUT2D eigenvalue weighted by Gasteiger charge is 2.37. The van der Waals surface area contributed by atoms with Crippen molar-refractivity contribution >= 4 is 16.7 Å². The Morgan fingerprint density at radius 2 is 2.25 bits per heavy atom. The first-order chi connectivity index (χ1) is 11.5. The van der Waals surface area contributed by atoms with E-state index in [1.807, 2.05) is 13.0 Å². The number of aromatic nitrogens is 1. The third kappa shape index (κ3) is 2.42. The van der Waals surface area contributed by atoms with Crippen molar-refractivity contribution in [2.75, 3.05) is 6.54 Å². The number of rotatable bonds is 3. The number of nitrogens with two attached hydrogens (primary N) is 1. The average molecular weight is 327 g/mol. The van der Waals surface area contributed by atoms with E-state index >= 15 is 0 Å². The number of pyridine rings is 1. The molecule has 2 unspecified atom stereocenters. The van der Waals surface area contributed by atoms with E-state index in [-0.39, 0.29) is 23.5 Å². The molecule has 3 heterocycles. The van der Waals surface area contributed by atoms with E-state index in [1.165, 1.54) is 6.07 Å². The normalized spacial score (nSPS) is 23.9. The van der Waals surface area contributed by atoms with Gasteiger partial charge in [0.1, 0.15) is 17.9 Å². The Labute approximate surface area is 139 Å². The number of carbonyl (C=O) groups excluding carboxylic acids is 1. The summed E-state index contributed by atoms with van der Waals surface area (Å²) >= 11 is 0. The molecule has 1 saturated heterocycles. The summed E-state index contributed by atoms with van der Waals surface area (Å²) in [5, 5.41) is 4.07. The van der Waals surface area contributed by atoms with Crippen LogP contribution in [0, 0.1) is 6.92 Å². The maximum absolute atomic E-state index is 12.5. The van der Waals surface area contributed by atoms with E-state index in [9.17, 15) is 9.59 Å². The molecule has 1 fully saturated rings. The van der Waals surface area contributed by atoms with E-state index < -0.39 is 6.04 Å². The van der Waals surface area contributed by atoms with Crippen LogP contribution in [0.2, 0.25) is 0 Å². The third-order valence-corrected chi connectivity index (χ3v) is 5.06. The van der Waals surface area contributed by atoms with Crippen LogP contribution in [0.3, 0.4) is 0 Å². The molecule has 0 saturated carbocycles. The number of hydrogen-bond acceptors (Lipinski definition) is 5. The first-order valence-electron chi connectivity index (χ1n) is 8.39. The molecule has 0 spiro atoms. The Balaban J connectivity index is 1.65. The summed E-state index contributed by atoms with van der Waals surface area (Å²) in [6.45, 7) is 2.82. The van der Waals surface area contributed by atoms with Crippen LogP contribution in [-0.4, -0.2) is 35.5 Å². The van der Waals surface area contributed by atoms with Crippen molar-refractivity contribution in [3.63, 3.8) is 0 Å². The number of H-pyrrole nitrogens is 1. The summed E-state index contributed by atoms with van der Waals surface area (Å²) in [6.07, 6.45) is 2.11. The molecule has 0 radical (unpaired) electrons. The lowest BCUT2D eigenvalue weighted by Crippen LogP contribution is -2.51. The summed E-state index contributed by atoms with van der Waals surface area (Å²) < 4.78 is 6.06. The Bertz CT molecular complexity index is 868. The molecule has 4 rings (SSSR count). The zero-order chi connectivity index (χ0) is 16.8. The second-order valence-corrected chi connectivity index (χ2v) is 6.73. The Morgan fingerprint density at radius 3 is 3.00 bits per heavy atom. The van der Waals surface area contributed by atoms with Gasteiger partial charge in [-0.15, -0.1) is 0 Å². The van der Waals surface area contributed by atoms with Crippen LogP contribution in [0.25, 0.3) is 10.9 Å². The lowest BCUT2D eigenvalue weighted by atomic mass is 9.96. The van der Waals surface area contributed by atoms with Gasteiger partial charge in [0.15, 0.2) is 5.78 Å². The fourth-order valence-corrected chi connectivity index (χ4v) is 3.79. The molecule has 4 N–H and O–H groups in total. The number of nitrogens with one attached hydrogen (secondary N) is 2. The zero-order valence-electron chi connectivity index (χ0n) is 13.6. The largest absolute Gasteiger partial charge is 0.487 e. The molecule has 2 aliphatic heterocycles. The van der Waals surface area contributed by atoms with Crippen molar-refractivity contribution in [1.29, 1.82) is 0 Å². The van der Waals surface area contributed by atoms with Crippen molar-refractivity contribution in [1.82, 2.24) is 10.3 Å². The number of Topliss-reactive ketones (excluding diaryl/α,β-unsaturated/α-hetero) is 1. The van der Waals surface area contributed by atoms with Crippen molar-refractivity contribution < 1.29 is 9.53 Å². The van der Waals surface area contributed by atoms with Crippen molar-refractivity contribution in [3.05, 3.63) is 39.7 Å². The van der Waals surface area contributed by atoms with Gasteiger partial charge in [0, 0.05) is 17.9 Å². The molecule has 0 amide bonds. The highest BCUT2D eigenvalue weighted by molar-refractivity contribution is 5.92. The standard InChI is InChI=1S/C18H21N3O3/c1-9-7-10-8-13(15(19)17(23)12-3-2-6-20-12)24-18(10)11-4-5-14(22)21-16(9)11/h4-5,7,12-13,15,20H,2-3,6,8,19H2,1H3,(H,21,22)/t12-,13?,15?/m0/s1. The SMILES string of the molecule is Cc1cc2c(c3ccc(=O)[nH]c13)OC(C(N)C(=O)[C@@H]1CCCN1)C2. The topological polar surface area (TPSA) is 97.2 Å². The monoisotopic (exact) mass is 327 g/mol. The van der Waals surface area contributed by atoms with Gasteiger partial charge < -0.3 is 20.8 Å². The van der Waals surface area contributed by atoms with E-state index in [1.54, 1.807) is 6.07 Å². The van der Waals surface area contributed by atoms with E-state index in [2.05, 4.69) is 10.3 Å². The maximum atomic E-state index is 12.5. The molecule has 0 bridgehead atoms. The van der Waals surface area contributed by atoms with Gasteiger partial charge in [0.2, 0.25) is 5.56 Å². The second-order valence-electron chi connectivity index (χ2n) is 6.73. The minimum Gasteiger partial charge on any atom is -0.487 e. The molecule has 2 aromatic rings. The van der Waals surface area contributed by atoms with Gasteiger partial charge in [0.05, 0.1) is 11.6 Å². The summed E-state index contributed by atoms with van der Waals surface area (Å²) in [4.78, 5) is 27.0. The fraction of sp³-hybridized carbons (Fsp3) is 0.444. The number of benzene rings is 1. The van der Waals surface area contributed by atoms with Crippen LogP contribution >= 0.6 is 0 Å². The van der Waals surface area contributed by atoms with E-state index in [0.29, 0.717) is 6.42 Å². The predicted molar refractivity (Wildman–Crippen MR) is 91.4 cm³/mol. The van der Waals surface area contributed by atoms with Crippen LogP contribution in [0.5, 0.6) is 5.75 Å². The minimum absolute atomic E-state index is 0.0275. The van der Waals surface area contributed by atoms with Crippen LogP contribution in [0.4, 0.5) is 0 Å². The van der Waals surface area contributed by atoms with Gasteiger partial charge in [0.25, 0.3) is 0 Å². The first-order valence-corrected chi connectivity index (χ1v) is 8.39. The summed E-state index contributed by atoms with van der Waals surface area (Å²) in [5.41, 5.74) is 8.88. The van der Waals surface area contributed by atoms with Gasteiger partial charge in [-0.1, -0.05) is 6.07 Å². The fourth-order valence-electron chi connectivity index (χ4n) is 3.79. The Morgan fingerprint density at radius 1 is 1.42 bits per heavy atom. The molecule has 6 heteroatoms. The molecule has 2 aliphatic rings. The van der Waals surface area contributed by atoms with Gasteiger partial charge in [-0.2, -0.15) is 0 Å². The number of ketones is 1.